The molecule has 16 heavy (non-hydrogen) atoms. The van der Waals surface area contributed by atoms with Gasteiger partial charge in [-0.1, -0.05) is 0 Å². The summed E-state index contributed by atoms with van der Waals surface area (Å²) in [5.74, 6) is -0.410. The molecule has 0 aliphatic carbocycles. The molecule has 1 unspecified atom stereocenters. The number of nitrogens with one attached hydrogen (secondary N) is 1. The first-order valence-electron chi connectivity index (χ1n) is 5.06. The van der Waals surface area contributed by atoms with Crippen LogP contribution in [-0.4, -0.2) is 48.5 Å². The number of nitrogens with zero attached hydrogens (tertiary/aromatic N) is 1. The van der Waals surface area contributed by atoms with Crippen molar-refractivity contribution in [2.45, 2.75) is 19.4 Å². The smallest absolute Gasteiger partial charge is 0.404 e. The number of ether oxygens (including phenoxy) is 1. The second-order valence-electron chi connectivity index (χ2n) is 3.35. The predicted molar refractivity (Wildman–Crippen MR) is 54.3 cm³/mol. The van der Waals surface area contributed by atoms with E-state index in [0.29, 0.717) is 13.1 Å². The third-order valence-electron chi connectivity index (χ3n) is 2.30. The van der Waals surface area contributed by atoms with Crippen molar-refractivity contribution >= 4 is 17.9 Å². The fraction of sp³-hybridized carbons (Fsp3) is 0.667. The van der Waals surface area contributed by atoms with Gasteiger partial charge in [-0.3, -0.25) is 14.5 Å². The minimum absolute atomic E-state index is 0.0828. The molecular formula is C9H15N3O4. The molecule has 0 bridgehead atoms. The number of rotatable bonds is 5. The molecule has 0 aromatic carbocycles. The maximum atomic E-state index is 11.6. The van der Waals surface area contributed by atoms with Crippen molar-refractivity contribution in [2.75, 3.05) is 19.7 Å². The van der Waals surface area contributed by atoms with E-state index in [9.17, 15) is 14.4 Å². The lowest BCUT2D eigenvalue weighted by Gasteiger charge is -2.12. The summed E-state index contributed by atoms with van der Waals surface area (Å²) in [4.78, 5) is 34.4. The molecule has 0 aromatic rings. The quantitative estimate of drug-likeness (QED) is 0.456. The van der Waals surface area contributed by atoms with Crippen LogP contribution in [-0.2, 0) is 14.3 Å². The Morgan fingerprint density at radius 3 is 2.81 bits per heavy atom. The van der Waals surface area contributed by atoms with Crippen molar-refractivity contribution in [3.05, 3.63) is 0 Å². The molecule has 1 atom stereocenters. The second-order valence-corrected chi connectivity index (χ2v) is 3.35. The Labute approximate surface area is 92.9 Å². The van der Waals surface area contributed by atoms with Crippen LogP contribution in [0.15, 0.2) is 0 Å². The van der Waals surface area contributed by atoms with Gasteiger partial charge in [-0.15, -0.1) is 0 Å². The van der Waals surface area contributed by atoms with Gasteiger partial charge >= 0.3 is 6.09 Å². The van der Waals surface area contributed by atoms with Gasteiger partial charge < -0.3 is 15.8 Å². The fourth-order valence-corrected chi connectivity index (χ4v) is 1.56. The van der Waals surface area contributed by atoms with Gasteiger partial charge in [0, 0.05) is 13.1 Å². The standard InChI is InChI=1S/C9H15N3O4/c1-2-12-7(13)5-6(8(12)14)11-3-4-16-9(10)15/h6,11H,2-5H2,1H3,(H2,10,15). The van der Waals surface area contributed by atoms with Crippen LogP contribution in [0.4, 0.5) is 4.79 Å². The molecule has 1 aliphatic rings. The normalized spacial score (nSPS) is 20.3. The molecule has 0 spiro atoms. The van der Waals surface area contributed by atoms with Gasteiger partial charge in [-0.2, -0.15) is 0 Å². The highest BCUT2D eigenvalue weighted by Gasteiger charge is 2.36. The highest BCUT2D eigenvalue weighted by molar-refractivity contribution is 6.05. The SMILES string of the molecule is CCN1C(=O)CC(NCCOC(N)=O)C1=O. The minimum Gasteiger partial charge on any atom is -0.448 e. The first-order valence-corrected chi connectivity index (χ1v) is 5.06. The van der Waals surface area contributed by atoms with Crippen LogP contribution >= 0.6 is 0 Å². The Bertz CT molecular complexity index is 305. The third-order valence-corrected chi connectivity index (χ3v) is 2.30. The lowest BCUT2D eigenvalue weighted by Crippen LogP contribution is -2.40. The van der Waals surface area contributed by atoms with Gasteiger partial charge in [-0.05, 0) is 6.92 Å². The number of nitrogens with two attached hydrogens (primary N) is 1. The first kappa shape index (κ1) is 12.4. The molecule has 0 radical (unpaired) electrons. The van der Waals surface area contributed by atoms with E-state index in [-0.39, 0.29) is 24.8 Å². The molecule has 90 valence electrons. The summed E-state index contributed by atoms with van der Waals surface area (Å²) in [5, 5.41) is 2.84. The van der Waals surface area contributed by atoms with Gasteiger partial charge in [0.05, 0.1) is 12.5 Å². The van der Waals surface area contributed by atoms with E-state index in [2.05, 4.69) is 10.1 Å². The molecule has 1 heterocycles. The average molecular weight is 229 g/mol. The number of likely N-dealkylation sites (tertiary alicyclic amines) is 1. The number of hydrogen-bond donors (Lipinski definition) is 2. The van der Waals surface area contributed by atoms with Crippen LogP contribution < -0.4 is 11.1 Å². The monoisotopic (exact) mass is 229 g/mol. The van der Waals surface area contributed by atoms with Gasteiger partial charge in [-0.25, -0.2) is 4.79 Å². The summed E-state index contributed by atoms with van der Waals surface area (Å²) in [5.41, 5.74) is 4.76. The van der Waals surface area contributed by atoms with E-state index in [1.54, 1.807) is 6.92 Å². The average Bonchev–Trinajstić information content (AvgIpc) is 2.48. The Kier molecular flexibility index (Phi) is 4.24. The van der Waals surface area contributed by atoms with Gasteiger partial charge in [0.2, 0.25) is 11.8 Å². The number of carbonyl (C=O) groups excluding carboxylic acids is 3. The van der Waals surface area contributed by atoms with Crippen molar-refractivity contribution in [2.24, 2.45) is 5.73 Å². The molecule has 0 saturated carbocycles. The molecular weight excluding hydrogens is 214 g/mol. The van der Waals surface area contributed by atoms with Crippen molar-refractivity contribution in [3.8, 4) is 0 Å². The Morgan fingerprint density at radius 1 is 1.62 bits per heavy atom. The molecule has 1 aliphatic heterocycles. The zero-order valence-electron chi connectivity index (χ0n) is 9.06. The minimum atomic E-state index is -0.856. The van der Waals surface area contributed by atoms with E-state index in [1.807, 2.05) is 0 Å². The molecule has 7 heteroatoms. The molecule has 1 fully saturated rings. The summed E-state index contributed by atoms with van der Waals surface area (Å²) >= 11 is 0. The van der Waals surface area contributed by atoms with Crippen molar-refractivity contribution in [1.29, 1.82) is 0 Å². The summed E-state index contributed by atoms with van der Waals surface area (Å²) < 4.78 is 4.48. The number of imide groups is 1. The Balaban J connectivity index is 2.31. The number of amides is 3. The predicted octanol–water partition coefficient (Wildman–Crippen LogP) is -1.18. The van der Waals surface area contributed by atoms with Crippen LogP contribution in [0.1, 0.15) is 13.3 Å². The van der Waals surface area contributed by atoms with Crippen LogP contribution in [0.5, 0.6) is 0 Å². The van der Waals surface area contributed by atoms with E-state index in [4.69, 9.17) is 5.73 Å². The molecule has 3 amide bonds. The maximum absolute atomic E-state index is 11.6. The summed E-state index contributed by atoms with van der Waals surface area (Å²) in [6.45, 7) is 2.51. The molecule has 3 N–H and O–H groups in total. The fourth-order valence-electron chi connectivity index (χ4n) is 1.56. The van der Waals surface area contributed by atoms with Crippen molar-refractivity contribution in [1.82, 2.24) is 10.2 Å². The summed E-state index contributed by atoms with van der Waals surface area (Å²) in [6.07, 6.45) is -0.700. The van der Waals surface area contributed by atoms with Gasteiger partial charge in [0.15, 0.2) is 0 Å². The molecule has 1 saturated heterocycles. The van der Waals surface area contributed by atoms with Crippen LogP contribution in [0, 0.1) is 0 Å². The van der Waals surface area contributed by atoms with E-state index in [1.165, 1.54) is 4.90 Å². The van der Waals surface area contributed by atoms with E-state index >= 15 is 0 Å². The van der Waals surface area contributed by atoms with Crippen LogP contribution in [0.3, 0.4) is 0 Å². The molecule has 7 nitrogen and oxygen atoms in total. The number of hydrogen-bond acceptors (Lipinski definition) is 5. The molecule has 1 rings (SSSR count). The van der Waals surface area contributed by atoms with Gasteiger partial charge in [0.1, 0.15) is 6.61 Å². The van der Waals surface area contributed by atoms with Crippen molar-refractivity contribution < 1.29 is 19.1 Å². The first-order chi connectivity index (χ1) is 7.56. The second kappa shape index (κ2) is 5.45. The number of carbonyl (C=O) groups is 3. The topological polar surface area (TPSA) is 102 Å². The summed E-state index contributed by atoms with van der Waals surface area (Å²) in [7, 11) is 0. The third kappa shape index (κ3) is 2.93. The lowest BCUT2D eigenvalue weighted by molar-refractivity contribution is -0.138. The Morgan fingerprint density at radius 2 is 2.31 bits per heavy atom. The summed E-state index contributed by atoms with van der Waals surface area (Å²) in [6, 6.07) is -0.510. The highest BCUT2D eigenvalue weighted by atomic mass is 16.5. The van der Waals surface area contributed by atoms with Crippen LogP contribution in [0.25, 0.3) is 0 Å². The van der Waals surface area contributed by atoms with Gasteiger partial charge in [0.25, 0.3) is 0 Å². The zero-order chi connectivity index (χ0) is 12.1. The lowest BCUT2D eigenvalue weighted by atomic mass is 10.2. The Hall–Kier alpha value is -1.63. The zero-order valence-corrected chi connectivity index (χ0v) is 9.06. The number of primary amides is 1. The van der Waals surface area contributed by atoms with Crippen LogP contribution in [0.2, 0.25) is 0 Å². The number of likely N-dealkylation sites (N-methyl/N-ethyl adjacent to an activating group) is 1. The molecule has 0 aromatic heterocycles. The van der Waals surface area contributed by atoms with Crippen molar-refractivity contribution in [3.63, 3.8) is 0 Å². The largest absolute Gasteiger partial charge is 0.448 e. The maximum Gasteiger partial charge on any atom is 0.404 e. The highest BCUT2D eigenvalue weighted by Crippen LogP contribution is 2.11. The van der Waals surface area contributed by atoms with E-state index < -0.39 is 12.1 Å². The van der Waals surface area contributed by atoms with E-state index in [0.717, 1.165) is 0 Å².